The molecule has 0 aliphatic rings. The number of allylic oxidation sites excluding steroid dienone is 16. The molecule has 9 nitrogen and oxygen atoms in total. The molecule has 0 aliphatic heterocycles. The average molecular weight is 1010 g/mol. The highest BCUT2D eigenvalue weighted by Gasteiger charge is 2.26. The van der Waals surface area contributed by atoms with Crippen LogP contribution in [0.25, 0.3) is 0 Å². The highest BCUT2D eigenvalue weighted by molar-refractivity contribution is 7.47. The van der Waals surface area contributed by atoms with Gasteiger partial charge in [-0.25, -0.2) is 4.57 Å². The average Bonchev–Trinajstić information content (AvgIpc) is 3.36. The Bertz CT molecular complexity index is 1480. The van der Waals surface area contributed by atoms with Gasteiger partial charge in [-0.1, -0.05) is 252 Å². The molecule has 0 spiro atoms. The minimum atomic E-state index is -4.38. The van der Waals surface area contributed by atoms with E-state index in [4.69, 9.17) is 24.3 Å². The summed E-state index contributed by atoms with van der Waals surface area (Å²) in [5.74, 6) is -0.827. The van der Waals surface area contributed by atoms with Crippen LogP contribution in [0.4, 0.5) is 0 Å². The molecule has 0 radical (unpaired) electrons. The summed E-state index contributed by atoms with van der Waals surface area (Å²) in [7, 11) is -4.38. The zero-order chi connectivity index (χ0) is 51.7. The Morgan fingerprint density at radius 3 is 1.15 bits per heavy atom. The quantitative estimate of drug-likeness (QED) is 0.0264. The van der Waals surface area contributed by atoms with E-state index in [1.807, 2.05) is 0 Å². The molecule has 0 aliphatic carbocycles. The molecule has 0 amide bonds. The number of phosphoric acid groups is 1. The number of nitrogens with two attached hydrogens (primary N) is 1. The number of unbranched alkanes of at least 4 members (excludes halogenated alkanes) is 24. The molecule has 408 valence electrons. The molecule has 71 heavy (non-hydrogen) atoms. The summed E-state index contributed by atoms with van der Waals surface area (Å²) >= 11 is 0. The third-order valence-electron chi connectivity index (χ3n) is 12.0. The van der Waals surface area contributed by atoms with E-state index in [1.165, 1.54) is 122 Å². The summed E-state index contributed by atoms with van der Waals surface area (Å²) in [6.07, 6.45) is 74.8. The highest BCUT2D eigenvalue weighted by atomic mass is 31.2. The SMILES string of the molecule is CC/C=C\C/C=C\C/C=C\C/C=C\C/C=C\C/C=C\C/C=C\C/C=C\CCCCCCCCCCCCCCCCC(=O)OC(COC(=O)CCCCCCCCCCCCC)COP(=O)(O)OCCN. The summed E-state index contributed by atoms with van der Waals surface area (Å²) in [5.41, 5.74) is 5.37. The molecule has 0 aromatic rings. The lowest BCUT2D eigenvalue weighted by atomic mass is 10.0. The molecule has 0 heterocycles. The van der Waals surface area contributed by atoms with E-state index in [0.29, 0.717) is 6.42 Å². The van der Waals surface area contributed by atoms with Gasteiger partial charge in [-0.3, -0.25) is 18.6 Å². The van der Waals surface area contributed by atoms with Gasteiger partial charge in [0.25, 0.3) is 0 Å². The second-order valence-electron chi connectivity index (χ2n) is 18.8. The van der Waals surface area contributed by atoms with Crippen LogP contribution in [0.5, 0.6) is 0 Å². The van der Waals surface area contributed by atoms with Crippen molar-refractivity contribution in [3.63, 3.8) is 0 Å². The predicted molar refractivity (Wildman–Crippen MR) is 302 cm³/mol. The zero-order valence-corrected chi connectivity index (χ0v) is 46.3. The van der Waals surface area contributed by atoms with E-state index in [1.54, 1.807) is 0 Å². The van der Waals surface area contributed by atoms with Crippen LogP contribution in [-0.4, -0.2) is 49.3 Å². The number of hydrogen-bond acceptors (Lipinski definition) is 8. The predicted octanol–water partition coefficient (Wildman–Crippen LogP) is 18.1. The molecule has 3 N–H and O–H groups in total. The van der Waals surface area contributed by atoms with Crippen LogP contribution in [0.1, 0.15) is 245 Å². The van der Waals surface area contributed by atoms with Crippen LogP contribution < -0.4 is 5.73 Å². The summed E-state index contributed by atoms with van der Waals surface area (Å²) in [5, 5.41) is 0. The number of carbonyl (C=O) groups excluding carboxylic acids is 2. The molecule has 0 saturated heterocycles. The first kappa shape index (κ1) is 67.9. The first-order chi connectivity index (χ1) is 34.8. The molecule has 2 atom stereocenters. The van der Waals surface area contributed by atoms with Gasteiger partial charge in [0.15, 0.2) is 6.10 Å². The van der Waals surface area contributed by atoms with Crippen molar-refractivity contribution in [1.29, 1.82) is 0 Å². The summed E-state index contributed by atoms with van der Waals surface area (Å²) in [6.45, 7) is 3.62. The topological polar surface area (TPSA) is 134 Å². The number of carbonyl (C=O) groups is 2. The van der Waals surface area contributed by atoms with E-state index in [9.17, 15) is 19.0 Å². The molecule has 10 heteroatoms. The monoisotopic (exact) mass is 1010 g/mol. The summed E-state index contributed by atoms with van der Waals surface area (Å²) < 4.78 is 32.9. The summed E-state index contributed by atoms with van der Waals surface area (Å²) in [6, 6.07) is 0. The van der Waals surface area contributed by atoms with Crippen LogP contribution >= 0.6 is 7.82 Å². The maximum atomic E-state index is 12.7. The van der Waals surface area contributed by atoms with Crippen molar-refractivity contribution < 1.29 is 37.6 Å². The molecule has 0 fully saturated rings. The van der Waals surface area contributed by atoms with E-state index < -0.39 is 26.5 Å². The van der Waals surface area contributed by atoms with E-state index in [-0.39, 0.29) is 38.6 Å². The van der Waals surface area contributed by atoms with Crippen molar-refractivity contribution in [2.24, 2.45) is 5.73 Å². The van der Waals surface area contributed by atoms with Gasteiger partial charge in [0.2, 0.25) is 0 Å². The van der Waals surface area contributed by atoms with Gasteiger partial charge in [-0.05, 0) is 77.0 Å². The van der Waals surface area contributed by atoms with Crippen molar-refractivity contribution in [3.8, 4) is 0 Å². The second kappa shape index (κ2) is 56.2. The lowest BCUT2D eigenvalue weighted by Crippen LogP contribution is -2.29. The van der Waals surface area contributed by atoms with Crippen molar-refractivity contribution in [1.82, 2.24) is 0 Å². The van der Waals surface area contributed by atoms with Crippen LogP contribution in [0.15, 0.2) is 97.2 Å². The van der Waals surface area contributed by atoms with Crippen molar-refractivity contribution in [3.05, 3.63) is 97.2 Å². The summed E-state index contributed by atoms with van der Waals surface area (Å²) in [4.78, 5) is 35.0. The van der Waals surface area contributed by atoms with Gasteiger partial charge in [0, 0.05) is 19.4 Å². The first-order valence-corrected chi connectivity index (χ1v) is 30.2. The highest BCUT2D eigenvalue weighted by Crippen LogP contribution is 2.43. The Morgan fingerprint density at radius 1 is 0.437 bits per heavy atom. The number of esters is 2. The maximum absolute atomic E-state index is 12.7. The third-order valence-corrected chi connectivity index (χ3v) is 13.0. The van der Waals surface area contributed by atoms with E-state index >= 15 is 0 Å². The van der Waals surface area contributed by atoms with Gasteiger partial charge in [0.1, 0.15) is 6.61 Å². The number of rotatable bonds is 53. The molecule has 0 aromatic carbocycles. The Balaban J connectivity index is 3.86. The fourth-order valence-electron chi connectivity index (χ4n) is 7.77. The maximum Gasteiger partial charge on any atom is 0.472 e. The minimum Gasteiger partial charge on any atom is -0.462 e. The van der Waals surface area contributed by atoms with Gasteiger partial charge >= 0.3 is 19.8 Å². The van der Waals surface area contributed by atoms with Gasteiger partial charge in [0.05, 0.1) is 13.2 Å². The fourth-order valence-corrected chi connectivity index (χ4v) is 8.54. The Labute approximate surface area is 436 Å². The van der Waals surface area contributed by atoms with E-state index in [2.05, 4.69) is 111 Å². The molecule has 0 rings (SSSR count). The molecule has 0 saturated carbocycles. The lowest BCUT2D eigenvalue weighted by molar-refractivity contribution is -0.161. The van der Waals surface area contributed by atoms with Gasteiger partial charge < -0.3 is 20.1 Å². The van der Waals surface area contributed by atoms with Gasteiger partial charge in [-0.15, -0.1) is 0 Å². The van der Waals surface area contributed by atoms with Crippen LogP contribution in [-0.2, 0) is 32.7 Å². The zero-order valence-electron chi connectivity index (χ0n) is 45.4. The fraction of sp³-hybridized carbons (Fsp3) is 0.705. The third kappa shape index (κ3) is 56.1. The standard InChI is InChI=1S/C61H106NO8P/c1-3-5-7-9-11-13-15-16-17-18-19-20-21-22-23-24-25-26-27-28-29-30-31-32-33-34-35-36-37-38-39-40-41-42-44-46-48-50-52-54-61(64)70-59(58-69-71(65,66)68-56-55-62)57-67-60(63)53-51-49-47-45-43-14-12-10-8-6-4-2/h5,7,11,13,16-17,19-20,22-23,25-26,28-29,31-32,59H,3-4,6,8-10,12,14-15,18,21,24,27,30,33-58,62H2,1-2H3,(H,65,66)/b7-5-,13-11-,17-16-,20-19-,23-22-,26-25-,29-28-,32-31-. The Hall–Kier alpha value is -3.07. The normalized spacial score (nSPS) is 13.8. The molecular weight excluding hydrogens is 906 g/mol. The number of ether oxygens (including phenoxy) is 2. The Morgan fingerprint density at radius 2 is 0.775 bits per heavy atom. The smallest absolute Gasteiger partial charge is 0.462 e. The second-order valence-corrected chi connectivity index (χ2v) is 20.2. The van der Waals surface area contributed by atoms with Gasteiger partial charge in [-0.2, -0.15) is 0 Å². The van der Waals surface area contributed by atoms with Crippen LogP contribution in [0, 0.1) is 0 Å². The number of phosphoric ester groups is 1. The first-order valence-electron chi connectivity index (χ1n) is 28.7. The van der Waals surface area contributed by atoms with Crippen molar-refractivity contribution >= 4 is 19.8 Å². The largest absolute Gasteiger partial charge is 0.472 e. The Kier molecular flexibility index (Phi) is 53.8. The molecule has 2 unspecified atom stereocenters. The molecule has 0 aromatic heterocycles. The van der Waals surface area contributed by atoms with Crippen molar-refractivity contribution in [2.45, 2.75) is 251 Å². The minimum absolute atomic E-state index is 0.0518. The van der Waals surface area contributed by atoms with Crippen LogP contribution in [0.3, 0.4) is 0 Å². The van der Waals surface area contributed by atoms with Crippen LogP contribution in [0.2, 0.25) is 0 Å². The molecular formula is C61H106NO8P. The molecule has 0 bridgehead atoms. The number of hydrogen-bond donors (Lipinski definition) is 2. The van der Waals surface area contributed by atoms with E-state index in [0.717, 1.165) is 89.9 Å². The van der Waals surface area contributed by atoms with Crippen molar-refractivity contribution in [2.75, 3.05) is 26.4 Å². The lowest BCUT2D eigenvalue weighted by Gasteiger charge is -2.19.